The number of anilines is 2. The Morgan fingerprint density at radius 2 is 0.857 bits per heavy atom. The minimum atomic E-state index is 1.03. The van der Waals surface area contributed by atoms with Gasteiger partial charge in [0.2, 0.25) is 0 Å². The second-order valence-electron chi connectivity index (χ2n) is 8.14. The average Bonchev–Trinajstić information content (AvgIpc) is 3.35. The zero-order chi connectivity index (χ0) is 19.1. The highest BCUT2D eigenvalue weighted by Crippen LogP contribution is 2.35. The SMILES string of the molecule is CCc1ccc(N2Cc3cc4c(cc3C2)CN(c2ccc(CC)cc2)C4)cc1. The molecule has 0 unspecified atom stereocenters. The van der Waals surface area contributed by atoms with Gasteiger partial charge in [0.15, 0.2) is 0 Å². The van der Waals surface area contributed by atoms with Crippen LogP contribution in [0.4, 0.5) is 11.4 Å². The third-order valence-electron chi connectivity index (χ3n) is 6.39. The number of fused-ring (bicyclic) bond motifs is 2. The van der Waals surface area contributed by atoms with Crippen LogP contribution < -0.4 is 9.80 Å². The average molecular weight is 369 g/mol. The molecule has 0 saturated heterocycles. The molecule has 0 aliphatic carbocycles. The van der Waals surface area contributed by atoms with Crippen LogP contribution in [0.15, 0.2) is 60.7 Å². The monoisotopic (exact) mass is 368 g/mol. The molecule has 3 aromatic rings. The van der Waals surface area contributed by atoms with E-state index in [-0.39, 0.29) is 0 Å². The highest BCUT2D eigenvalue weighted by molar-refractivity contribution is 5.58. The largest absolute Gasteiger partial charge is 0.363 e. The number of nitrogens with zero attached hydrogens (tertiary/aromatic N) is 2. The fourth-order valence-electron chi connectivity index (χ4n) is 4.56. The Morgan fingerprint density at radius 3 is 1.14 bits per heavy atom. The van der Waals surface area contributed by atoms with Crippen molar-refractivity contribution in [3.63, 3.8) is 0 Å². The summed E-state index contributed by atoms with van der Waals surface area (Å²) in [4.78, 5) is 5.00. The first-order valence-corrected chi connectivity index (χ1v) is 10.5. The molecule has 142 valence electrons. The van der Waals surface area contributed by atoms with Gasteiger partial charge in [0.25, 0.3) is 0 Å². The van der Waals surface area contributed by atoms with Gasteiger partial charge in [-0.15, -0.1) is 0 Å². The molecule has 0 aromatic heterocycles. The van der Waals surface area contributed by atoms with Crippen molar-refractivity contribution < 1.29 is 0 Å². The van der Waals surface area contributed by atoms with E-state index in [2.05, 4.69) is 84.3 Å². The minimum Gasteiger partial charge on any atom is -0.363 e. The molecule has 2 aliphatic rings. The first-order valence-electron chi connectivity index (χ1n) is 10.5. The van der Waals surface area contributed by atoms with Gasteiger partial charge in [-0.25, -0.2) is 0 Å². The number of aryl methyl sites for hydroxylation is 2. The number of rotatable bonds is 4. The molecule has 2 heteroatoms. The molecule has 0 amide bonds. The lowest BCUT2D eigenvalue weighted by Gasteiger charge is -2.18. The second-order valence-corrected chi connectivity index (χ2v) is 8.14. The molecular formula is C26H28N2. The van der Waals surface area contributed by atoms with Gasteiger partial charge in [0.1, 0.15) is 0 Å². The molecule has 0 radical (unpaired) electrons. The quantitative estimate of drug-likeness (QED) is 0.570. The van der Waals surface area contributed by atoms with Crippen LogP contribution in [0.25, 0.3) is 0 Å². The Bertz CT molecular complexity index is 872. The standard InChI is InChI=1S/C26H28N2/c1-3-19-5-9-25(10-6-19)27-15-21-13-23-17-28(18-24(23)14-22(21)16-27)26-11-7-20(4-2)8-12-26/h5-14H,3-4,15-18H2,1-2H3. The fraction of sp³-hybridized carbons (Fsp3) is 0.308. The summed E-state index contributed by atoms with van der Waals surface area (Å²) in [6, 6.07) is 23.1. The van der Waals surface area contributed by atoms with Gasteiger partial charge in [0, 0.05) is 37.6 Å². The van der Waals surface area contributed by atoms with Gasteiger partial charge in [-0.3, -0.25) is 0 Å². The molecule has 3 aromatic carbocycles. The van der Waals surface area contributed by atoms with Crippen molar-refractivity contribution in [2.24, 2.45) is 0 Å². The maximum Gasteiger partial charge on any atom is 0.0436 e. The van der Waals surface area contributed by atoms with Crippen LogP contribution >= 0.6 is 0 Å². The number of hydrogen-bond acceptors (Lipinski definition) is 2. The molecule has 0 N–H and O–H groups in total. The number of hydrogen-bond donors (Lipinski definition) is 0. The lowest BCUT2D eigenvalue weighted by atomic mass is 10.0. The van der Waals surface area contributed by atoms with Crippen molar-refractivity contribution in [2.75, 3.05) is 9.80 Å². The molecule has 28 heavy (non-hydrogen) atoms. The highest BCUT2D eigenvalue weighted by atomic mass is 15.2. The van der Waals surface area contributed by atoms with Crippen LogP contribution in [0.2, 0.25) is 0 Å². The molecule has 0 saturated carbocycles. The summed E-state index contributed by atoms with van der Waals surface area (Å²) >= 11 is 0. The van der Waals surface area contributed by atoms with Crippen molar-refractivity contribution in [3.05, 3.63) is 94.0 Å². The predicted octanol–water partition coefficient (Wildman–Crippen LogP) is 5.85. The Labute approximate surface area is 168 Å². The van der Waals surface area contributed by atoms with Crippen molar-refractivity contribution >= 4 is 11.4 Å². The molecule has 0 fully saturated rings. The zero-order valence-electron chi connectivity index (χ0n) is 16.9. The molecule has 0 atom stereocenters. The van der Waals surface area contributed by atoms with Crippen LogP contribution in [0.1, 0.15) is 47.2 Å². The van der Waals surface area contributed by atoms with Gasteiger partial charge >= 0.3 is 0 Å². The van der Waals surface area contributed by atoms with E-state index >= 15 is 0 Å². The summed E-state index contributed by atoms with van der Waals surface area (Å²) in [6.45, 7) is 8.53. The summed E-state index contributed by atoms with van der Waals surface area (Å²) in [6.07, 6.45) is 2.20. The van der Waals surface area contributed by atoms with Gasteiger partial charge in [-0.2, -0.15) is 0 Å². The van der Waals surface area contributed by atoms with Crippen LogP contribution in [0.5, 0.6) is 0 Å². The molecule has 2 nitrogen and oxygen atoms in total. The zero-order valence-corrected chi connectivity index (χ0v) is 16.9. The normalized spacial score (nSPS) is 15.1. The van der Waals surface area contributed by atoms with E-state index in [0.29, 0.717) is 0 Å². The van der Waals surface area contributed by atoms with Crippen LogP contribution in [-0.4, -0.2) is 0 Å². The van der Waals surface area contributed by atoms with E-state index in [9.17, 15) is 0 Å². The smallest absolute Gasteiger partial charge is 0.0436 e. The summed E-state index contributed by atoms with van der Waals surface area (Å²) in [5.41, 5.74) is 11.5. The van der Waals surface area contributed by atoms with Crippen molar-refractivity contribution in [1.29, 1.82) is 0 Å². The van der Waals surface area contributed by atoms with Crippen molar-refractivity contribution in [2.45, 2.75) is 52.9 Å². The van der Waals surface area contributed by atoms with E-state index in [4.69, 9.17) is 0 Å². The second kappa shape index (κ2) is 7.01. The minimum absolute atomic E-state index is 1.03. The first kappa shape index (κ1) is 17.4. The predicted molar refractivity (Wildman–Crippen MR) is 118 cm³/mol. The Morgan fingerprint density at radius 1 is 0.536 bits per heavy atom. The lowest BCUT2D eigenvalue weighted by Crippen LogP contribution is -2.15. The van der Waals surface area contributed by atoms with Gasteiger partial charge in [-0.05, 0) is 70.5 Å². The molecule has 5 rings (SSSR count). The topological polar surface area (TPSA) is 6.48 Å². The van der Waals surface area contributed by atoms with Crippen LogP contribution in [0.3, 0.4) is 0 Å². The Kier molecular flexibility index (Phi) is 4.35. The third kappa shape index (κ3) is 3.07. The van der Waals surface area contributed by atoms with E-state index in [1.165, 1.54) is 44.8 Å². The summed E-state index contributed by atoms with van der Waals surface area (Å²) in [5, 5.41) is 0. The van der Waals surface area contributed by atoms with Crippen molar-refractivity contribution in [3.8, 4) is 0 Å². The summed E-state index contributed by atoms with van der Waals surface area (Å²) in [5.74, 6) is 0. The van der Waals surface area contributed by atoms with Crippen LogP contribution in [-0.2, 0) is 39.0 Å². The Balaban J connectivity index is 1.33. The molecule has 0 bridgehead atoms. The molecule has 2 heterocycles. The molecular weight excluding hydrogens is 340 g/mol. The molecule has 0 spiro atoms. The Hall–Kier alpha value is -2.74. The lowest BCUT2D eigenvalue weighted by molar-refractivity contribution is 0.867. The van der Waals surface area contributed by atoms with Gasteiger partial charge in [0.05, 0.1) is 0 Å². The van der Waals surface area contributed by atoms with E-state index < -0.39 is 0 Å². The third-order valence-corrected chi connectivity index (χ3v) is 6.39. The highest BCUT2D eigenvalue weighted by Gasteiger charge is 2.25. The maximum atomic E-state index is 2.50. The first-order chi connectivity index (χ1) is 13.7. The summed E-state index contributed by atoms with van der Waals surface area (Å²) in [7, 11) is 0. The van der Waals surface area contributed by atoms with E-state index in [1.807, 2.05) is 0 Å². The van der Waals surface area contributed by atoms with Gasteiger partial charge < -0.3 is 9.80 Å². The van der Waals surface area contributed by atoms with Crippen molar-refractivity contribution in [1.82, 2.24) is 0 Å². The summed E-state index contributed by atoms with van der Waals surface area (Å²) < 4.78 is 0. The van der Waals surface area contributed by atoms with E-state index in [1.54, 1.807) is 0 Å². The van der Waals surface area contributed by atoms with Gasteiger partial charge in [-0.1, -0.05) is 50.2 Å². The fourth-order valence-corrected chi connectivity index (χ4v) is 4.56. The van der Waals surface area contributed by atoms with Crippen LogP contribution in [0, 0.1) is 0 Å². The maximum absolute atomic E-state index is 2.50. The molecule has 2 aliphatic heterocycles. The number of benzene rings is 3. The van der Waals surface area contributed by atoms with E-state index in [0.717, 1.165) is 39.0 Å².